The molecule has 0 radical (unpaired) electrons. The number of epoxide rings is 1. The number of hydrogen-bond acceptors (Lipinski definition) is 1. The van der Waals surface area contributed by atoms with Gasteiger partial charge in [-0.3, -0.25) is 4.74 Å². The average molecular weight is 376 g/mol. The van der Waals surface area contributed by atoms with E-state index < -0.39 is 48.0 Å². The molecule has 0 bridgehead atoms. The minimum Gasteiger partial charge on any atom is -0.265 e. The van der Waals surface area contributed by atoms with Crippen molar-refractivity contribution >= 4 is 0 Å². The molecule has 1 saturated heterocycles. The summed E-state index contributed by atoms with van der Waals surface area (Å²) < 4.78 is 169. The second kappa shape index (κ2) is 4.57. The fraction of sp³-hybridized carbons (Fsp3) is 1.00. The van der Waals surface area contributed by atoms with E-state index in [4.69, 9.17) is 0 Å². The van der Waals surface area contributed by atoms with E-state index in [2.05, 4.69) is 4.74 Å². The molecule has 0 aliphatic carbocycles. The Morgan fingerprint density at radius 3 is 1.30 bits per heavy atom. The zero-order valence-electron chi connectivity index (χ0n) is 10.5. The minimum atomic E-state index is -7.64. The fourth-order valence-corrected chi connectivity index (χ4v) is 1.45. The number of halogens is 13. The van der Waals surface area contributed by atoms with E-state index in [1.54, 1.807) is 0 Å². The molecule has 0 N–H and O–H groups in total. The molecule has 23 heavy (non-hydrogen) atoms. The molecule has 1 atom stereocenters. The van der Waals surface area contributed by atoms with Crippen LogP contribution in [0.3, 0.4) is 0 Å². The van der Waals surface area contributed by atoms with Gasteiger partial charge in [-0.25, -0.2) is 0 Å². The number of ether oxygens (including phenoxy) is 1. The van der Waals surface area contributed by atoms with Crippen molar-refractivity contribution in [2.24, 2.45) is 0 Å². The number of rotatable bonds is 6. The van der Waals surface area contributed by atoms with Crippen LogP contribution < -0.4 is 0 Å². The maximum absolute atomic E-state index is 13.1. The lowest BCUT2D eigenvalue weighted by Crippen LogP contribution is -2.69. The molecule has 14 heteroatoms. The summed E-state index contributed by atoms with van der Waals surface area (Å²) in [7, 11) is 0. The Bertz CT molecular complexity index is 484. The van der Waals surface area contributed by atoms with Crippen LogP contribution in [0.2, 0.25) is 0 Å². The van der Waals surface area contributed by atoms with Crippen molar-refractivity contribution in [3.05, 3.63) is 0 Å². The highest BCUT2D eigenvalue weighted by molar-refractivity contribution is 5.17. The summed E-state index contributed by atoms with van der Waals surface area (Å²) in [6, 6.07) is 0. The van der Waals surface area contributed by atoms with E-state index in [1.165, 1.54) is 0 Å². The standard InChI is InChI=1S/C9H5F13O/c1-2-3(10,11)4(12,13)5(14,15)6(16,17)7(18,19)8(20)9(21,22)23-8/h2H2,1H3. The third-order valence-electron chi connectivity index (χ3n) is 3.09. The summed E-state index contributed by atoms with van der Waals surface area (Å²) in [4.78, 5) is 0. The molecule has 0 aromatic rings. The zero-order chi connectivity index (χ0) is 18.9. The second-order valence-corrected chi connectivity index (χ2v) is 4.57. The molecule has 1 aliphatic heterocycles. The first-order chi connectivity index (χ1) is 9.77. The number of hydrogen-bond donors (Lipinski definition) is 0. The fourth-order valence-electron chi connectivity index (χ4n) is 1.45. The Labute approximate surface area is 118 Å². The van der Waals surface area contributed by atoms with Gasteiger partial charge >= 0.3 is 41.6 Å². The van der Waals surface area contributed by atoms with Gasteiger partial charge in [-0.05, 0) is 0 Å². The predicted molar refractivity (Wildman–Crippen MR) is 44.9 cm³/mol. The van der Waals surface area contributed by atoms with Gasteiger partial charge < -0.3 is 0 Å². The van der Waals surface area contributed by atoms with Crippen molar-refractivity contribution in [2.45, 2.75) is 54.9 Å². The summed E-state index contributed by atoms with van der Waals surface area (Å²) >= 11 is 0. The van der Waals surface area contributed by atoms with Gasteiger partial charge in [0.25, 0.3) is 0 Å². The Morgan fingerprint density at radius 1 is 0.696 bits per heavy atom. The Morgan fingerprint density at radius 2 is 1.04 bits per heavy atom. The molecule has 0 spiro atoms. The third kappa shape index (κ3) is 2.12. The van der Waals surface area contributed by atoms with Crippen LogP contribution in [0.1, 0.15) is 13.3 Å². The van der Waals surface area contributed by atoms with Gasteiger partial charge in [-0.15, -0.1) is 0 Å². The van der Waals surface area contributed by atoms with E-state index in [0.29, 0.717) is 0 Å². The van der Waals surface area contributed by atoms with Crippen LogP contribution in [0.5, 0.6) is 0 Å². The van der Waals surface area contributed by atoms with Gasteiger partial charge in [-0.1, -0.05) is 6.92 Å². The van der Waals surface area contributed by atoms with Gasteiger partial charge in [0.15, 0.2) is 0 Å². The predicted octanol–water partition coefficient (Wildman–Crippen LogP) is 4.86. The maximum atomic E-state index is 13.1. The first kappa shape index (κ1) is 20.1. The smallest absolute Gasteiger partial charge is 0.265 e. The topological polar surface area (TPSA) is 12.5 Å². The van der Waals surface area contributed by atoms with Gasteiger partial charge in [0, 0.05) is 6.42 Å². The quantitative estimate of drug-likeness (QED) is 0.477. The average Bonchev–Trinajstić information content (AvgIpc) is 2.89. The van der Waals surface area contributed by atoms with Crippen molar-refractivity contribution in [1.82, 2.24) is 0 Å². The molecule has 1 heterocycles. The summed E-state index contributed by atoms with van der Waals surface area (Å²) in [5.41, 5.74) is 0. The van der Waals surface area contributed by atoms with Crippen LogP contribution in [0.4, 0.5) is 57.1 Å². The van der Waals surface area contributed by atoms with Crippen molar-refractivity contribution in [3.8, 4) is 0 Å². The van der Waals surface area contributed by atoms with Gasteiger partial charge in [0.05, 0.1) is 0 Å². The maximum Gasteiger partial charge on any atom is 0.424 e. The molecule has 1 rings (SSSR count). The molecule has 1 unspecified atom stereocenters. The Balaban J connectivity index is 3.42. The van der Waals surface area contributed by atoms with Crippen LogP contribution in [0.25, 0.3) is 0 Å². The third-order valence-corrected chi connectivity index (χ3v) is 3.09. The molecular formula is C9H5F13O. The second-order valence-electron chi connectivity index (χ2n) is 4.57. The molecule has 0 aromatic carbocycles. The van der Waals surface area contributed by atoms with E-state index in [-0.39, 0.29) is 6.92 Å². The molecule has 0 saturated carbocycles. The molecule has 1 nitrogen and oxygen atoms in total. The van der Waals surface area contributed by atoms with E-state index >= 15 is 0 Å². The molecule has 0 amide bonds. The van der Waals surface area contributed by atoms with E-state index in [1.807, 2.05) is 0 Å². The molecular weight excluding hydrogens is 371 g/mol. The van der Waals surface area contributed by atoms with Crippen LogP contribution in [-0.4, -0.2) is 41.6 Å². The van der Waals surface area contributed by atoms with Crippen molar-refractivity contribution < 1.29 is 61.8 Å². The monoisotopic (exact) mass is 376 g/mol. The lowest BCUT2D eigenvalue weighted by molar-refractivity contribution is -0.415. The highest BCUT2D eigenvalue weighted by atomic mass is 19.4. The molecule has 138 valence electrons. The van der Waals surface area contributed by atoms with Crippen LogP contribution in [0, 0.1) is 0 Å². The lowest BCUT2D eigenvalue weighted by atomic mass is 9.91. The SMILES string of the molecule is CCC(F)(F)C(F)(F)C(F)(F)C(F)(F)C(F)(F)C1(F)OC1(F)F. The summed E-state index contributed by atoms with van der Waals surface area (Å²) in [5, 5.41) is 0. The Hall–Kier alpha value is -0.950. The largest absolute Gasteiger partial charge is 0.424 e. The summed E-state index contributed by atoms with van der Waals surface area (Å²) in [6.45, 7) is 0.134. The molecule has 1 aliphatic rings. The van der Waals surface area contributed by atoms with Crippen molar-refractivity contribution in [3.63, 3.8) is 0 Å². The van der Waals surface area contributed by atoms with Gasteiger partial charge in [0.2, 0.25) is 0 Å². The first-order valence-corrected chi connectivity index (χ1v) is 5.43. The molecule has 1 fully saturated rings. The highest BCUT2D eigenvalue weighted by Gasteiger charge is 2.99. The van der Waals surface area contributed by atoms with E-state index in [0.717, 1.165) is 0 Å². The zero-order valence-corrected chi connectivity index (χ0v) is 10.5. The van der Waals surface area contributed by atoms with Gasteiger partial charge in [0.1, 0.15) is 0 Å². The van der Waals surface area contributed by atoms with E-state index in [9.17, 15) is 57.1 Å². The summed E-state index contributed by atoms with van der Waals surface area (Å²) in [5.74, 6) is -41.6. The lowest BCUT2D eigenvalue weighted by Gasteiger charge is -2.39. The van der Waals surface area contributed by atoms with Gasteiger partial charge in [-0.2, -0.15) is 57.1 Å². The highest BCUT2D eigenvalue weighted by Crippen LogP contribution is 2.68. The molecule has 0 aromatic heterocycles. The van der Waals surface area contributed by atoms with Crippen LogP contribution in [-0.2, 0) is 4.74 Å². The van der Waals surface area contributed by atoms with Crippen LogP contribution in [0.15, 0.2) is 0 Å². The minimum absolute atomic E-state index is 0.134. The van der Waals surface area contributed by atoms with Crippen LogP contribution >= 0.6 is 0 Å². The Kier molecular flexibility index (Phi) is 3.99. The normalized spacial score (nSPS) is 26.3. The summed E-state index contributed by atoms with van der Waals surface area (Å²) in [6.07, 6.45) is -7.89. The van der Waals surface area contributed by atoms with Crippen molar-refractivity contribution in [2.75, 3.05) is 0 Å². The number of alkyl halides is 13. The first-order valence-electron chi connectivity index (χ1n) is 5.43. The van der Waals surface area contributed by atoms with Crippen molar-refractivity contribution in [1.29, 1.82) is 0 Å².